The van der Waals surface area contributed by atoms with Gasteiger partial charge in [0.05, 0.1) is 5.75 Å². The standard InChI is InChI=1S/C13H16N6OS/c1-19(9-4-2-8(14)3-5-9)12(20)7-21-13-17-10(15)6-11(16)18-13/h2-6H,7,14H2,1H3,(H4,15,16,17,18). The highest BCUT2D eigenvalue weighted by atomic mass is 32.2. The predicted molar refractivity (Wildman–Crippen MR) is 85.8 cm³/mol. The van der Waals surface area contributed by atoms with E-state index in [1.807, 2.05) is 0 Å². The lowest BCUT2D eigenvalue weighted by Crippen LogP contribution is -2.28. The van der Waals surface area contributed by atoms with Crippen molar-refractivity contribution in [1.82, 2.24) is 9.97 Å². The van der Waals surface area contributed by atoms with Crippen molar-refractivity contribution in [2.24, 2.45) is 0 Å². The van der Waals surface area contributed by atoms with Crippen LogP contribution in [0.1, 0.15) is 0 Å². The third kappa shape index (κ3) is 3.99. The topological polar surface area (TPSA) is 124 Å². The fourth-order valence-corrected chi connectivity index (χ4v) is 2.38. The van der Waals surface area contributed by atoms with E-state index in [2.05, 4.69) is 9.97 Å². The van der Waals surface area contributed by atoms with Gasteiger partial charge in [-0.05, 0) is 24.3 Å². The Morgan fingerprint density at radius 3 is 2.29 bits per heavy atom. The second kappa shape index (κ2) is 6.31. The summed E-state index contributed by atoms with van der Waals surface area (Å²) in [6.07, 6.45) is 0. The highest BCUT2D eigenvalue weighted by molar-refractivity contribution is 7.99. The van der Waals surface area contributed by atoms with Crippen molar-refractivity contribution >= 4 is 40.7 Å². The quantitative estimate of drug-likeness (QED) is 0.437. The van der Waals surface area contributed by atoms with Crippen molar-refractivity contribution in [3.63, 3.8) is 0 Å². The van der Waals surface area contributed by atoms with Crippen LogP contribution < -0.4 is 22.1 Å². The summed E-state index contributed by atoms with van der Waals surface area (Å²) in [6.45, 7) is 0. The van der Waals surface area contributed by atoms with E-state index in [9.17, 15) is 4.79 Å². The van der Waals surface area contributed by atoms with Gasteiger partial charge in [-0.3, -0.25) is 4.79 Å². The molecule has 1 heterocycles. The lowest BCUT2D eigenvalue weighted by molar-refractivity contribution is -0.115. The Labute approximate surface area is 126 Å². The Bertz CT molecular complexity index is 625. The molecule has 0 saturated heterocycles. The largest absolute Gasteiger partial charge is 0.399 e. The van der Waals surface area contributed by atoms with Crippen molar-refractivity contribution in [1.29, 1.82) is 0 Å². The average molecular weight is 304 g/mol. The summed E-state index contributed by atoms with van der Waals surface area (Å²) >= 11 is 1.18. The molecule has 1 amide bonds. The first-order chi connectivity index (χ1) is 9.95. The summed E-state index contributed by atoms with van der Waals surface area (Å²) in [5.74, 6) is 0.659. The van der Waals surface area contributed by atoms with Gasteiger partial charge in [0.2, 0.25) is 5.91 Å². The third-order valence-electron chi connectivity index (χ3n) is 2.72. The Balaban J connectivity index is 1.99. The summed E-state index contributed by atoms with van der Waals surface area (Å²) in [4.78, 5) is 21.7. The Hall–Kier alpha value is -2.48. The summed E-state index contributed by atoms with van der Waals surface area (Å²) in [5.41, 5.74) is 18.2. The number of anilines is 4. The number of carbonyl (C=O) groups is 1. The van der Waals surface area contributed by atoms with Crippen LogP contribution in [0.3, 0.4) is 0 Å². The molecule has 2 rings (SSSR count). The number of benzene rings is 1. The van der Waals surface area contributed by atoms with Crippen molar-refractivity contribution in [3.05, 3.63) is 30.3 Å². The van der Waals surface area contributed by atoms with E-state index in [1.165, 1.54) is 17.8 Å². The molecule has 0 aliphatic rings. The van der Waals surface area contributed by atoms with Gasteiger partial charge in [0.25, 0.3) is 0 Å². The normalized spacial score (nSPS) is 10.3. The molecule has 0 bridgehead atoms. The van der Waals surface area contributed by atoms with Crippen LogP contribution in [0.2, 0.25) is 0 Å². The second-order valence-electron chi connectivity index (χ2n) is 4.33. The molecule has 1 aromatic carbocycles. The van der Waals surface area contributed by atoms with E-state index >= 15 is 0 Å². The zero-order valence-electron chi connectivity index (χ0n) is 11.5. The van der Waals surface area contributed by atoms with Crippen LogP contribution in [0.5, 0.6) is 0 Å². The number of amides is 1. The van der Waals surface area contributed by atoms with Crippen LogP contribution in [0.4, 0.5) is 23.0 Å². The number of aromatic nitrogens is 2. The fraction of sp³-hybridized carbons (Fsp3) is 0.154. The Kier molecular flexibility index (Phi) is 4.49. The van der Waals surface area contributed by atoms with Crippen LogP contribution in [-0.4, -0.2) is 28.7 Å². The van der Waals surface area contributed by atoms with Crippen LogP contribution in [0.25, 0.3) is 0 Å². The fourth-order valence-electron chi connectivity index (χ4n) is 1.59. The van der Waals surface area contributed by atoms with Gasteiger partial charge in [-0.2, -0.15) is 0 Å². The van der Waals surface area contributed by atoms with Gasteiger partial charge < -0.3 is 22.1 Å². The van der Waals surface area contributed by atoms with Gasteiger partial charge in [-0.1, -0.05) is 11.8 Å². The molecule has 0 aliphatic carbocycles. The van der Waals surface area contributed by atoms with Crippen molar-refractivity contribution in [2.45, 2.75) is 5.16 Å². The Morgan fingerprint density at radius 2 is 1.71 bits per heavy atom. The van der Waals surface area contributed by atoms with E-state index < -0.39 is 0 Å². The summed E-state index contributed by atoms with van der Waals surface area (Å²) in [6, 6.07) is 8.52. The molecule has 110 valence electrons. The molecule has 21 heavy (non-hydrogen) atoms. The van der Waals surface area contributed by atoms with Crippen molar-refractivity contribution < 1.29 is 4.79 Å². The predicted octanol–water partition coefficient (Wildman–Crippen LogP) is 0.978. The maximum absolute atomic E-state index is 12.1. The molecule has 6 N–H and O–H groups in total. The van der Waals surface area contributed by atoms with E-state index in [4.69, 9.17) is 17.2 Å². The van der Waals surface area contributed by atoms with Crippen LogP contribution in [0, 0.1) is 0 Å². The average Bonchev–Trinajstić information content (AvgIpc) is 2.44. The Morgan fingerprint density at radius 1 is 1.14 bits per heavy atom. The van der Waals surface area contributed by atoms with Gasteiger partial charge in [-0.15, -0.1) is 0 Å². The van der Waals surface area contributed by atoms with Crippen LogP contribution >= 0.6 is 11.8 Å². The smallest absolute Gasteiger partial charge is 0.237 e. The van der Waals surface area contributed by atoms with E-state index in [0.29, 0.717) is 10.8 Å². The number of nitrogens with two attached hydrogens (primary N) is 3. The van der Waals surface area contributed by atoms with Crippen LogP contribution in [0.15, 0.2) is 35.5 Å². The van der Waals surface area contributed by atoms with Gasteiger partial charge >= 0.3 is 0 Å². The minimum absolute atomic E-state index is 0.0885. The lowest BCUT2D eigenvalue weighted by atomic mass is 10.2. The second-order valence-corrected chi connectivity index (χ2v) is 5.28. The van der Waals surface area contributed by atoms with Gasteiger partial charge in [0.15, 0.2) is 5.16 Å². The number of carbonyl (C=O) groups excluding carboxylic acids is 1. The van der Waals surface area contributed by atoms with Gasteiger partial charge in [0.1, 0.15) is 11.6 Å². The van der Waals surface area contributed by atoms with Crippen molar-refractivity contribution in [2.75, 3.05) is 34.9 Å². The summed E-state index contributed by atoms with van der Waals surface area (Å²) < 4.78 is 0. The minimum atomic E-state index is -0.0885. The zero-order chi connectivity index (χ0) is 15.4. The maximum atomic E-state index is 12.1. The molecule has 0 atom stereocenters. The van der Waals surface area contributed by atoms with Gasteiger partial charge in [-0.25, -0.2) is 9.97 Å². The number of nitrogens with zero attached hydrogens (tertiary/aromatic N) is 3. The highest BCUT2D eigenvalue weighted by Crippen LogP contribution is 2.19. The molecule has 0 aliphatic heterocycles. The molecule has 2 aromatic rings. The monoisotopic (exact) mass is 304 g/mol. The van der Waals surface area contributed by atoms with Crippen LogP contribution in [-0.2, 0) is 4.79 Å². The molecule has 8 heteroatoms. The van der Waals surface area contributed by atoms with E-state index in [-0.39, 0.29) is 23.3 Å². The number of nitrogen functional groups attached to an aromatic ring is 3. The number of rotatable bonds is 4. The molecule has 0 fully saturated rings. The first kappa shape index (κ1) is 14.9. The molecular formula is C13H16N6OS. The van der Waals surface area contributed by atoms with E-state index in [0.717, 1.165) is 5.69 Å². The van der Waals surface area contributed by atoms with Crippen molar-refractivity contribution in [3.8, 4) is 0 Å². The first-order valence-electron chi connectivity index (χ1n) is 6.10. The molecule has 0 radical (unpaired) electrons. The minimum Gasteiger partial charge on any atom is -0.399 e. The lowest BCUT2D eigenvalue weighted by Gasteiger charge is -2.17. The maximum Gasteiger partial charge on any atom is 0.237 e. The molecular weight excluding hydrogens is 288 g/mol. The SMILES string of the molecule is CN(C(=O)CSc1nc(N)cc(N)n1)c1ccc(N)cc1. The molecule has 0 unspecified atom stereocenters. The molecule has 0 spiro atoms. The summed E-state index contributed by atoms with van der Waals surface area (Å²) in [7, 11) is 1.70. The third-order valence-corrected chi connectivity index (χ3v) is 3.56. The van der Waals surface area contributed by atoms with Gasteiger partial charge in [0, 0.05) is 24.5 Å². The van der Waals surface area contributed by atoms with E-state index in [1.54, 1.807) is 36.2 Å². The molecule has 0 saturated carbocycles. The number of thioether (sulfide) groups is 1. The molecule has 1 aromatic heterocycles. The molecule has 7 nitrogen and oxygen atoms in total. The highest BCUT2D eigenvalue weighted by Gasteiger charge is 2.12. The zero-order valence-corrected chi connectivity index (χ0v) is 12.3. The number of hydrogen-bond donors (Lipinski definition) is 3. The number of hydrogen-bond acceptors (Lipinski definition) is 7. The first-order valence-corrected chi connectivity index (χ1v) is 7.09. The summed E-state index contributed by atoms with van der Waals surface area (Å²) in [5, 5.41) is 0.381.